The number of halogens is 1. The molecular weight excluding hydrogens is 488 g/mol. The highest BCUT2D eigenvalue weighted by molar-refractivity contribution is 7.09. The molecule has 0 aliphatic rings. The summed E-state index contributed by atoms with van der Waals surface area (Å²) in [5.74, 6) is -0.279. The number of carbonyl (C=O) groups excluding carboxylic acids is 2. The van der Waals surface area contributed by atoms with Crippen molar-refractivity contribution in [2.45, 2.75) is 19.5 Å². The Morgan fingerprint density at radius 1 is 1.20 bits per heavy atom. The van der Waals surface area contributed by atoms with E-state index in [1.807, 2.05) is 6.07 Å². The fraction of sp³-hybridized carbons (Fsp3) is 0.292. The lowest BCUT2D eigenvalue weighted by molar-refractivity contribution is 0.0741. The first kappa shape index (κ1) is 26.1. The predicted octanol–water partition coefficient (Wildman–Crippen LogP) is 4.43. The number of nitriles is 1. The zero-order chi connectivity index (χ0) is 25.0. The molecule has 35 heavy (non-hydrogen) atoms. The number of hydrogen-bond donors (Lipinski definition) is 1. The molecule has 3 aromatic rings. The number of ether oxygens (including phenoxy) is 1. The monoisotopic (exact) mass is 512 g/mol. The maximum absolute atomic E-state index is 13.1. The minimum atomic E-state index is -0.334. The fourth-order valence-electron chi connectivity index (χ4n) is 3.18. The molecule has 9 nitrogen and oxygen atoms in total. The molecule has 2 aromatic heterocycles. The van der Waals surface area contributed by atoms with Crippen LogP contribution in [0.2, 0.25) is 5.02 Å². The van der Waals surface area contributed by atoms with Gasteiger partial charge in [-0.2, -0.15) is 5.26 Å². The molecular formula is C24H25ClN6O3S. The third kappa shape index (κ3) is 8.03. The molecule has 0 bridgehead atoms. The van der Waals surface area contributed by atoms with Crippen LogP contribution in [-0.4, -0.2) is 58.5 Å². The molecule has 11 heteroatoms. The Balaban J connectivity index is 1.71. The highest BCUT2D eigenvalue weighted by atomic mass is 35.5. The number of hydrogen-bond acceptors (Lipinski definition) is 7. The summed E-state index contributed by atoms with van der Waals surface area (Å²) in [4.78, 5) is 37.7. The Labute approximate surface area is 212 Å². The van der Waals surface area contributed by atoms with E-state index in [-0.39, 0.29) is 37.1 Å². The first-order chi connectivity index (χ1) is 17.0. The van der Waals surface area contributed by atoms with Crippen LogP contribution in [0.25, 0.3) is 0 Å². The summed E-state index contributed by atoms with van der Waals surface area (Å²) in [5.41, 5.74) is 1.70. The van der Waals surface area contributed by atoms with Crippen molar-refractivity contribution in [2.24, 2.45) is 0 Å². The van der Waals surface area contributed by atoms with Crippen molar-refractivity contribution in [3.05, 3.63) is 75.5 Å². The van der Waals surface area contributed by atoms with Gasteiger partial charge in [-0.05, 0) is 29.8 Å². The average molecular weight is 513 g/mol. The van der Waals surface area contributed by atoms with Crippen molar-refractivity contribution in [3.8, 4) is 6.07 Å². The van der Waals surface area contributed by atoms with E-state index in [1.54, 1.807) is 65.0 Å². The molecule has 0 saturated heterocycles. The number of aromatic nitrogens is 2. The second kappa shape index (κ2) is 13.4. The maximum atomic E-state index is 13.1. The van der Waals surface area contributed by atoms with Crippen molar-refractivity contribution >= 4 is 40.6 Å². The number of nitrogens with one attached hydrogen (secondary N) is 1. The zero-order valence-electron chi connectivity index (χ0n) is 19.2. The Morgan fingerprint density at radius 2 is 2.06 bits per heavy atom. The fourth-order valence-corrected chi connectivity index (χ4v) is 4.15. The lowest BCUT2D eigenvalue weighted by atomic mass is 10.2. The van der Waals surface area contributed by atoms with E-state index in [9.17, 15) is 9.59 Å². The number of nitrogens with zero attached hydrogens (tertiary/aromatic N) is 5. The Hall–Kier alpha value is -3.52. The third-order valence-electron chi connectivity index (χ3n) is 4.90. The van der Waals surface area contributed by atoms with Crippen LogP contribution in [0.4, 0.5) is 10.5 Å². The van der Waals surface area contributed by atoms with Gasteiger partial charge >= 0.3 is 6.03 Å². The van der Waals surface area contributed by atoms with Crippen LogP contribution in [0.5, 0.6) is 0 Å². The molecule has 0 aliphatic carbocycles. The van der Waals surface area contributed by atoms with Gasteiger partial charge in [0.05, 0.1) is 25.6 Å². The molecule has 0 saturated carbocycles. The number of pyridine rings is 1. The molecule has 0 atom stereocenters. The van der Waals surface area contributed by atoms with Crippen LogP contribution in [0.1, 0.15) is 27.5 Å². The number of thiazole rings is 1. The molecule has 3 rings (SSSR count). The van der Waals surface area contributed by atoms with Crippen molar-refractivity contribution in [2.75, 3.05) is 32.1 Å². The zero-order valence-corrected chi connectivity index (χ0v) is 20.8. The van der Waals surface area contributed by atoms with Crippen LogP contribution in [0.3, 0.4) is 0 Å². The number of urea groups is 1. The lowest BCUT2D eigenvalue weighted by Gasteiger charge is -2.22. The first-order valence-electron chi connectivity index (χ1n) is 10.8. The van der Waals surface area contributed by atoms with Crippen molar-refractivity contribution in [3.63, 3.8) is 0 Å². The third-order valence-corrected chi connectivity index (χ3v) is 5.97. The minimum Gasteiger partial charge on any atom is -0.383 e. The highest BCUT2D eigenvalue weighted by Gasteiger charge is 2.21. The smallest absolute Gasteiger partial charge is 0.322 e. The average Bonchev–Trinajstić information content (AvgIpc) is 3.33. The first-order valence-corrected chi connectivity index (χ1v) is 12.1. The van der Waals surface area contributed by atoms with E-state index in [2.05, 4.69) is 21.4 Å². The van der Waals surface area contributed by atoms with E-state index in [4.69, 9.17) is 21.6 Å². The number of benzene rings is 1. The largest absolute Gasteiger partial charge is 0.383 e. The quantitative estimate of drug-likeness (QED) is 0.407. The Bertz CT molecular complexity index is 1170. The van der Waals surface area contributed by atoms with E-state index in [0.717, 1.165) is 5.56 Å². The number of methoxy groups -OCH3 is 1. The Kier molecular flexibility index (Phi) is 9.98. The van der Waals surface area contributed by atoms with Gasteiger partial charge in [0.25, 0.3) is 5.91 Å². The molecule has 1 aromatic carbocycles. The van der Waals surface area contributed by atoms with Crippen molar-refractivity contribution in [1.82, 2.24) is 19.8 Å². The molecule has 3 amide bonds. The van der Waals surface area contributed by atoms with Crippen LogP contribution < -0.4 is 5.32 Å². The minimum absolute atomic E-state index is 0.203. The van der Waals surface area contributed by atoms with E-state index >= 15 is 0 Å². The van der Waals surface area contributed by atoms with Gasteiger partial charge < -0.3 is 19.9 Å². The maximum Gasteiger partial charge on any atom is 0.322 e. The molecule has 182 valence electrons. The number of carbonyl (C=O) groups is 2. The van der Waals surface area contributed by atoms with E-state index in [0.29, 0.717) is 35.4 Å². The molecule has 1 N–H and O–H groups in total. The lowest BCUT2D eigenvalue weighted by Crippen LogP contribution is -2.37. The summed E-state index contributed by atoms with van der Waals surface area (Å²) >= 11 is 7.31. The molecule has 0 aliphatic heterocycles. The normalized spacial score (nSPS) is 10.4. The topological polar surface area (TPSA) is 111 Å². The molecule has 0 spiro atoms. The van der Waals surface area contributed by atoms with Gasteiger partial charge in [-0.3, -0.25) is 9.78 Å². The van der Waals surface area contributed by atoms with Gasteiger partial charge in [0.15, 0.2) is 0 Å². The number of rotatable bonds is 11. The SMILES string of the molecule is COCCN(Cc1nc(C(=O)N(CCC#N)Cc2cccnc2)cs1)C(=O)Nc1cccc(Cl)c1. The van der Waals surface area contributed by atoms with Crippen LogP contribution in [-0.2, 0) is 17.8 Å². The molecule has 2 heterocycles. The van der Waals surface area contributed by atoms with E-state index < -0.39 is 0 Å². The van der Waals surface area contributed by atoms with Gasteiger partial charge in [0, 0.05) is 55.2 Å². The molecule has 0 radical (unpaired) electrons. The summed E-state index contributed by atoms with van der Waals surface area (Å²) in [7, 11) is 1.56. The summed E-state index contributed by atoms with van der Waals surface area (Å²) in [6.45, 7) is 1.48. The number of amides is 3. The van der Waals surface area contributed by atoms with Gasteiger partial charge in [0.1, 0.15) is 10.7 Å². The van der Waals surface area contributed by atoms with Gasteiger partial charge in [-0.15, -0.1) is 11.3 Å². The highest BCUT2D eigenvalue weighted by Crippen LogP contribution is 2.18. The second-order valence-electron chi connectivity index (χ2n) is 7.48. The van der Waals surface area contributed by atoms with Gasteiger partial charge in [0.2, 0.25) is 0 Å². The van der Waals surface area contributed by atoms with E-state index in [1.165, 1.54) is 11.3 Å². The summed E-state index contributed by atoms with van der Waals surface area (Å²) < 4.78 is 5.15. The summed E-state index contributed by atoms with van der Waals surface area (Å²) in [5, 5.41) is 14.6. The van der Waals surface area contributed by atoms with Crippen LogP contribution in [0, 0.1) is 11.3 Å². The van der Waals surface area contributed by atoms with Crippen molar-refractivity contribution < 1.29 is 14.3 Å². The van der Waals surface area contributed by atoms with Gasteiger partial charge in [-0.1, -0.05) is 23.7 Å². The molecule has 0 unspecified atom stereocenters. The van der Waals surface area contributed by atoms with Crippen molar-refractivity contribution in [1.29, 1.82) is 5.26 Å². The van der Waals surface area contributed by atoms with Gasteiger partial charge in [-0.25, -0.2) is 9.78 Å². The summed E-state index contributed by atoms with van der Waals surface area (Å²) in [6.07, 6.45) is 3.55. The summed E-state index contributed by atoms with van der Waals surface area (Å²) in [6, 6.07) is 12.3. The van der Waals surface area contributed by atoms with Crippen LogP contribution >= 0.6 is 22.9 Å². The Morgan fingerprint density at radius 3 is 2.77 bits per heavy atom. The number of anilines is 1. The molecule has 0 fully saturated rings. The second-order valence-corrected chi connectivity index (χ2v) is 8.86. The predicted molar refractivity (Wildman–Crippen MR) is 134 cm³/mol. The standard InChI is InChI=1S/C24H25ClN6O3S/c1-34-12-11-31(24(33)28-20-7-2-6-19(25)13-20)16-22-29-21(17-35-22)23(32)30(10-4-8-26)15-18-5-3-9-27-14-18/h2-3,5-7,9,13-14,17H,4,10-12,15-16H2,1H3,(H,28,33). The van der Waals surface area contributed by atoms with Crippen LogP contribution in [0.15, 0.2) is 54.2 Å².